The summed E-state index contributed by atoms with van der Waals surface area (Å²) in [4.78, 5) is 4.61. The van der Waals surface area contributed by atoms with Crippen LogP contribution in [0.2, 0.25) is 0 Å². The predicted octanol–water partition coefficient (Wildman–Crippen LogP) is 3.28. The lowest BCUT2D eigenvalue weighted by Crippen LogP contribution is -2.47. The van der Waals surface area contributed by atoms with Gasteiger partial charge in [-0.2, -0.15) is 11.8 Å². The Balaban J connectivity index is 0.00000225. The first-order valence-corrected chi connectivity index (χ1v) is 9.56. The second-order valence-corrected chi connectivity index (χ2v) is 7.33. The van der Waals surface area contributed by atoms with Gasteiger partial charge in [-0.25, -0.2) is 4.99 Å². The van der Waals surface area contributed by atoms with Crippen LogP contribution in [0.25, 0.3) is 11.0 Å². The summed E-state index contributed by atoms with van der Waals surface area (Å²) in [5.41, 5.74) is 1.40. The molecule has 1 aliphatic rings. The second-order valence-electron chi connectivity index (χ2n) is 6.22. The standard InChI is InChI=1S/C18H25N3O2S.HI/c1-3-19-17(21-11-18(22)8-9-24-12-18)20-10-16-13(2)14-6-4-5-7-15(14)23-16;/h4-7,22H,3,8-12H2,1-2H3,(H2,19,20,21);1H. The quantitative estimate of drug-likeness (QED) is 0.352. The zero-order valence-corrected chi connectivity index (χ0v) is 17.8. The number of nitrogens with zero attached hydrogens (tertiary/aromatic N) is 1. The van der Waals surface area contributed by atoms with Crippen molar-refractivity contribution in [2.45, 2.75) is 32.4 Å². The van der Waals surface area contributed by atoms with Crippen molar-refractivity contribution in [3.63, 3.8) is 0 Å². The zero-order chi connectivity index (χ0) is 17.0. The van der Waals surface area contributed by atoms with Gasteiger partial charge < -0.3 is 20.2 Å². The van der Waals surface area contributed by atoms with Crippen molar-refractivity contribution < 1.29 is 9.52 Å². The molecule has 0 spiro atoms. The van der Waals surface area contributed by atoms with Crippen LogP contribution in [0.1, 0.15) is 24.7 Å². The van der Waals surface area contributed by atoms with Gasteiger partial charge in [0.25, 0.3) is 0 Å². The Hall–Kier alpha value is -0.930. The minimum Gasteiger partial charge on any atom is -0.459 e. The molecule has 3 rings (SSSR count). The molecule has 2 aromatic rings. The van der Waals surface area contributed by atoms with Gasteiger partial charge in [-0.15, -0.1) is 24.0 Å². The summed E-state index contributed by atoms with van der Waals surface area (Å²) in [6.45, 7) is 5.87. The number of rotatable bonds is 5. The van der Waals surface area contributed by atoms with E-state index in [0.29, 0.717) is 19.0 Å². The summed E-state index contributed by atoms with van der Waals surface area (Å²) in [5.74, 6) is 3.39. The number of aliphatic imine (C=N–C) groups is 1. The number of nitrogens with one attached hydrogen (secondary N) is 2. The number of fused-ring (bicyclic) bond motifs is 1. The summed E-state index contributed by atoms with van der Waals surface area (Å²) >= 11 is 1.80. The first kappa shape index (κ1) is 20.4. The Bertz CT molecular complexity index is 726. The molecule has 25 heavy (non-hydrogen) atoms. The number of aryl methyl sites for hydroxylation is 1. The Morgan fingerprint density at radius 2 is 2.16 bits per heavy atom. The van der Waals surface area contributed by atoms with Crippen LogP contribution >= 0.6 is 35.7 Å². The van der Waals surface area contributed by atoms with Gasteiger partial charge in [0.05, 0.1) is 5.60 Å². The van der Waals surface area contributed by atoms with Crippen molar-refractivity contribution in [2.75, 3.05) is 24.6 Å². The van der Waals surface area contributed by atoms with Crippen LogP contribution < -0.4 is 10.6 Å². The van der Waals surface area contributed by atoms with Gasteiger partial charge in [-0.1, -0.05) is 18.2 Å². The number of hydrogen-bond acceptors (Lipinski definition) is 4. The molecular formula is C18H26IN3O2S. The SMILES string of the molecule is CCNC(=NCc1oc2ccccc2c1C)NCC1(O)CCSC1.I. The van der Waals surface area contributed by atoms with Crippen LogP contribution in [0.5, 0.6) is 0 Å². The third-order valence-corrected chi connectivity index (χ3v) is 5.57. The lowest BCUT2D eigenvalue weighted by molar-refractivity contribution is 0.0724. The molecule has 0 saturated carbocycles. The molecular weight excluding hydrogens is 449 g/mol. The number of benzene rings is 1. The number of guanidine groups is 1. The average Bonchev–Trinajstić information content (AvgIpc) is 3.15. The summed E-state index contributed by atoms with van der Waals surface area (Å²) in [6.07, 6.45) is 0.826. The minimum atomic E-state index is -0.629. The predicted molar refractivity (Wildman–Crippen MR) is 116 cm³/mol. The molecule has 1 saturated heterocycles. The number of furan rings is 1. The highest BCUT2D eigenvalue weighted by atomic mass is 127. The zero-order valence-electron chi connectivity index (χ0n) is 14.7. The molecule has 0 aliphatic carbocycles. The fraction of sp³-hybridized carbons (Fsp3) is 0.500. The summed E-state index contributed by atoms with van der Waals surface area (Å²) in [7, 11) is 0. The number of thioether (sulfide) groups is 1. The third kappa shape index (κ3) is 5.04. The average molecular weight is 475 g/mol. The Kier molecular flexibility index (Phi) is 7.45. The fourth-order valence-electron chi connectivity index (χ4n) is 2.85. The van der Waals surface area contributed by atoms with E-state index in [2.05, 4.69) is 28.6 Å². The number of aliphatic hydroxyl groups is 1. The Morgan fingerprint density at radius 3 is 2.84 bits per heavy atom. The molecule has 0 bridgehead atoms. The van der Waals surface area contributed by atoms with Gasteiger partial charge in [0.2, 0.25) is 0 Å². The van der Waals surface area contributed by atoms with Crippen molar-refractivity contribution in [1.29, 1.82) is 0 Å². The molecule has 0 radical (unpaired) electrons. The van der Waals surface area contributed by atoms with Crippen LogP contribution in [0.3, 0.4) is 0 Å². The lowest BCUT2D eigenvalue weighted by Gasteiger charge is -2.23. The molecule has 1 aliphatic heterocycles. The van der Waals surface area contributed by atoms with Crippen LogP contribution in [-0.4, -0.2) is 41.3 Å². The molecule has 5 nitrogen and oxygen atoms in total. The topological polar surface area (TPSA) is 69.8 Å². The van der Waals surface area contributed by atoms with E-state index in [1.54, 1.807) is 11.8 Å². The van der Waals surface area contributed by atoms with Gasteiger partial charge >= 0.3 is 0 Å². The molecule has 0 amide bonds. The highest BCUT2D eigenvalue weighted by Crippen LogP contribution is 2.27. The smallest absolute Gasteiger partial charge is 0.191 e. The van der Waals surface area contributed by atoms with E-state index in [1.165, 1.54) is 0 Å². The van der Waals surface area contributed by atoms with E-state index < -0.39 is 5.60 Å². The van der Waals surface area contributed by atoms with Gasteiger partial charge in [0, 0.05) is 29.8 Å². The molecule has 3 N–H and O–H groups in total. The van der Waals surface area contributed by atoms with Crippen molar-refractivity contribution in [3.05, 3.63) is 35.6 Å². The maximum Gasteiger partial charge on any atom is 0.191 e. The van der Waals surface area contributed by atoms with Gasteiger partial charge in [0.15, 0.2) is 5.96 Å². The van der Waals surface area contributed by atoms with E-state index in [0.717, 1.165) is 46.8 Å². The maximum absolute atomic E-state index is 10.4. The van der Waals surface area contributed by atoms with Crippen molar-refractivity contribution in [1.82, 2.24) is 10.6 Å². The normalized spacial score (nSPS) is 20.5. The molecule has 1 atom stereocenters. The Labute approximate surface area is 170 Å². The van der Waals surface area contributed by atoms with E-state index in [-0.39, 0.29) is 24.0 Å². The lowest BCUT2D eigenvalue weighted by atomic mass is 10.0. The van der Waals surface area contributed by atoms with Crippen molar-refractivity contribution in [2.24, 2.45) is 4.99 Å². The molecule has 7 heteroatoms. The Morgan fingerprint density at radius 1 is 1.36 bits per heavy atom. The maximum atomic E-state index is 10.4. The van der Waals surface area contributed by atoms with Crippen LogP contribution in [0, 0.1) is 6.92 Å². The highest BCUT2D eigenvalue weighted by Gasteiger charge is 2.31. The van der Waals surface area contributed by atoms with Crippen LogP contribution in [-0.2, 0) is 6.54 Å². The molecule has 1 aromatic heterocycles. The monoisotopic (exact) mass is 475 g/mol. The first-order valence-electron chi connectivity index (χ1n) is 8.40. The van der Waals surface area contributed by atoms with Crippen molar-refractivity contribution in [3.8, 4) is 0 Å². The van der Waals surface area contributed by atoms with E-state index in [1.807, 2.05) is 25.1 Å². The van der Waals surface area contributed by atoms with E-state index in [9.17, 15) is 5.11 Å². The molecule has 1 unspecified atom stereocenters. The summed E-state index contributed by atoms with van der Waals surface area (Å²) in [6, 6.07) is 8.04. The van der Waals surface area contributed by atoms with Gasteiger partial charge in [-0.05, 0) is 32.1 Å². The molecule has 1 aromatic carbocycles. The van der Waals surface area contributed by atoms with Gasteiger partial charge in [0.1, 0.15) is 17.9 Å². The second kappa shape index (κ2) is 9.14. The third-order valence-electron chi connectivity index (χ3n) is 4.33. The van der Waals surface area contributed by atoms with Crippen LogP contribution in [0.15, 0.2) is 33.7 Å². The fourth-order valence-corrected chi connectivity index (χ4v) is 4.15. The van der Waals surface area contributed by atoms with Crippen LogP contribution in [0.4, 0.5) is 0 Å². The number of para-hydroxylation sites is 1. The van der Waals surface area contributed by atoms with E-state index in [4.69, 9.17) is 4.42 Å². The largest absolute Gasteiger partial charge is 0.459 e. The van der Waals surface area contributed by atoms with Crippen molar-refractivity contribution >= 4 is 52.7 Å². The van der Waals surface area contributed by atoms with E-state index >= 15 is 0 Å². The highest BCUT2D eigenvalue weighted by molar-refractivity contribution is 14.0. The number of halogens is 1. The number of hydrogen-bond donors (Lipinski definition) is 3. The summed E-state index contributed by atoms with van der Waals surface area (Å²) in [5, 5.41) is 18.1. The molecule has 2 heterocycles. The van der Waals surface area contributed by atoms with Gasteiger partial charge in [-0.3, -0.25) is 0 Å². The molecule has 138 valence electrons. The minimum absolute atomic E-state index is 0. The summed E-state index contributed by atoms with van der Waals surface area (Å²) < 4.78 is 5.91. The molecule has 1 fully saturated rings. The first-order chi connectivity index (χ1) is 11.6.